The normalized spacial score (nSPS) is 11.8. The molecule has 0 unspecified atom stereocenters. The number of pyridine rings is 6. The van der Waals surface area contributed by atoms with Crippen LogP contribution in [0.15, 0.2) is 164 Å². The fourth-order valence-electron chi connectivity index (χ4n) is 7.35. The molecule has 4 nitrogen and oxygen atoms in total. The maximum absolute atomic E-state index is 5.04. The van der Waals surface area contributed by atoms with Crippen LogP contribution in [0.5, 0.6) is 0 Å². The zero-order valence-electron chi connectivity index (χ0n) is 25.9. The summed E-state index contributed by atoms with van der Waals surface area (Å²) in [5.74, 6) is 0. The van der Waals surface area contributed by atoms with Crippen LogP contribution in [-0.2, 0) is 0 Å². The van der Waals surface area contributed by atoms with Crippen molar-refractivity contribution in [2.75, 3.05) is 0 Å². The molecule has 0 saturated heterocycles. The van der Waals surface area contributed by atoms with Crippen molar-refractivity contribution in [2.24, 2.45) is 0 Å². The lowest BCUT2D eigenvalue weighted by Gasteiger charge is -2.15. The standard InChI is InChI=1S/C44H27N4/c1-2-12-28(13-3-1)31-26-42-34-16-6-4-14-32(34)36-22-29(23-37-33-15-5-7-17-35(33)43(27-31)48(42)44(36)37)30-24-40(38-18-8-10-20-45-38)47-41(25-30)39-19-9-11-21-46-39/h1-27H/q+1. The second kappa shape index (κ2) is 10.5. The lowest BCUT2D eigenvalue weighted by molar-refractivity contribution is -0.448. The van der Waals surface area contributed by atoms with E-state index in [0.29, 0.717) is 0 Å². The van der Waals surface area contributed by atoms with Gasteiger partial charge < -0.3 is 0 Å². The zero-order chi connectivity index (χ0) is 31.6. The SMILES string of the molecule is c1ccc(-c2cc3c4ccccc4c4cc(-c5cc(-c6ccccn6)nc(-c6ccccn6)c5)cc5c6ccccc6c(c2)[n+]3c45)cc1. The largest absolute Gasteiger partial charge is 0.255 e. The molecule has 4 aromatic carbocycles. The van der Waals surface area contributed by atoms with E-state index in [-0.39, 0.29) is 0 Å². The Morgan fingerprint density at radius 2 is 0.792 bits per heavy atom. The highest BCUT2D eigenvalue weighted by Gasteiger charge is 2.26. The summed E-state index contributed by atoms with van der Waals surface area (Å²) in [5, 5.41) is 7.35. The molecule has 0 aliphatic rings. The van der Waals surface area contributed by atoms with Crippen molar-refractivity contribution in [3.05, 3.63) is 164 Å². The van der Waals surface area contributed by atoms with Gasteiger partial charge in [0, 0.05) is 35.3 Å². The van der Waals surface area contributed by atoms with E-state index >= 15 is 0 Å². The number of rotatable bonds is 4. The summed E-state index contributed by atoms with van der Waals surface area (Å²) in [6.07, 6.45) is 3.63. The molecule has 48 heavy (non-hydrogen) atoms. The monoisotopic (exact) mass is 611 g/mol. The van der Waals surface area contributed by atoms with Gasteiger partial charge in [0.15, 0.2) is 0 Å². The molecule has 0 amide bonds. The summed E-state index contributed by atoms with van der Waals surface area (Å²) in [4.78, 5) is 14.4. The van der Waals surface area contributed by atoms with Crippen molar-refractivity contribution in [2.45, 2.75) is 0 Å². The van der Waals surface area contributed by atoms with Crippen molar-refractivity contribution in [3.8, 4) is 45.0 Å². The zero-order valence-corrected chi connectivity index (χ0v) is 25.9. The number of nitrogens with zero attached hydrogens (tertiary/aromatic N) is 4. The van der Waals surface area contributed by atoms with Crippen molar-refractivity contribution >= 4 is 48.9 Å². The molecule has 6 heterocycles. The van der Waals surface area contributed by atoms with E-state index in [0.717, 1.165) is 33.9 Å². The second-order valence-corrected chi connectivity index (χ2v) is 12.3. The first-order chi connectivity index (χ1) is 23.8. The minimum absolute atomic E-state index is 0.816. The Hall–Kier alpha value is -6.52. The minimum Gasteiger partial charge on any atom is -0.255 e. The van der Waals surface area contributed by atoms with Crippen molar-refractivity contribution in [1.29, 1.82) is 0 Å². The van der Waals surface area contributed by atoms with Crippen molar-refractivity contribution in [3.63, 3.8) is 0 Å². The number of hydrogen-bond acceptors (Lipinski definition) is 3. The van der Waals surface area contributed by atoms with Gasteiger partial charge in [-0.25, -0.2) is 4.98 Å². The van der Waals surface area contributed by atoms with Crippen molar-refractivity contribution < 1.29 is 4.40 Å². The fraction of sp³-hybridized carbons (Fsp3) is 0. The Labute approximate surface area is 276 Å². The first kappa shape index (κ1) is 26.7. The lowest BCUT2D eigenvalue weighted by Crippen LogP contribution is -2.26. The first-order valence-electron chi connectivity index (χ1n) is 16.2. The van der Waals surface area contributed by atoms with E-state index in [1.54, 1.807) is 0 Å². The molecule has 0 N–H and O–H groups in total. The van der Waals surface area contributed by atoms with Crippen LogP contribution in [0.4, 0.5) is 0 Å². The average molecular weight is 612 g/mol. The predicted molar refractivity (Wildman–Crippen MR) is 196 cm³/mol. The number of aromatic nitrogens is 4. The molecule has 0 saturated carbocycles. The molecule has 0 fully saturated rings. The highest BCUT2D eigenvalue weighted by atomic mass is 14.9. The Morgan fingerprint density at radius 1 is 0.333 bits per heavy atom. The van der Waals surface area contributed by atoms with Crippen LogP contribution < -0.4 is 4.40 Å². The highest BCUT2D eigenvalue weighted by Crippen LogP contribution is 2.40. The third-order valence-corrected chi connectivity index (χ3v) is 9.51. The van der Waals surface area contributed by atoms with Crippen LogP contribution in [0.2, 0.25) is 0 Å². The molecular weight excluding hydrogens is 585 g/mol. The van der Waals surface area contributed by atoms with Crippen molar-refractivity contribution in [1.82, 2.24) is 15.0 Å². The maximum atomic E-state index is 5.04. The fourth-order valence-corrected chi connectivity index (χ4v) is 7.35. The summed E-state index contributed by atoms with van der Waals surface area (Å²) in [5.41, 5.74) is 11.5. The Bertz CT molecular complexity index is 2650. The molecule has 0 radical (unpaired) electrons. The summed E-state index contributed by atoms with van der Waals surface area (Å²) in [7, 11) is 0. The number of fused-ring (bicyclic) bond motifs is 6. The molecule has 222 valence electrons. The molecule has 0 spiro atoms. The van der Waals surface area contributed by atoms with Gasteiger partial charge in [-0.2, -0.15) is 4.40 Å². The van der Waals surface area contributed by atoms with Gasteiger partial charge in [0.2, 0.25) is 16.6 Å². The number of benzene rings is 4. The summed E-state index contributed by atoms with van der Waals surface area (Å²) < 4.78 is 2.48. The third kappa shape index (κ3) is 4.10. The smallest absolute Gasteiger partial charge is 0.227 e. The average Bonchev–Trinajstić information content (AvgIpc) is 3.18. The number of hydrogen-bond donors (Lipinski definition) is 0. The van der Waals surface area contributed by atoms with Gasteiger partial charge in [0.25, 0.3) is 0 Å². The van der Waals surface area contributed by atoms with E-state index in [1.807, 2.05) is 48.8 Å². The molecule has 10 aromatic rings. The molecule has 0 atom stereocenters. The summed E-state index contributed by atoms with van der Waals surface area (Å²) >= 11 is 0. The molecule has 0 bridgehead atoms. The van der Waals surface area contributed by atoms with Gasteiger partial charge in [-0.05, 0) is 82.9 Å². The molecule has 0 aliphatic carbocycles. The van der Waals surface area contributed by atoms with Crippen LogP contribution in [0, 0.1) is 0 Å². The Balaban J connectivity index is 1.35. The first-order valence-corrected chi connectivity index (χ1v) is 16.2. The molecule has 0 aliphatic heterocycles. The predicted octanol–water partition coefficient (Wildman–Crippen LogP) is 10.3. The van der Waals surface area contributed by atoms with E-state index in [2.05, 4.69) is 130 Å². The second-order valence-electron chi connectivity index (χ2n) is 12.3. The Kier molecular flexibility index (Phi) is 5.84. The highest BCUT2D eigenvalue weighted by molar-refractivity contribution is 6.22. The van der Waals surface area contributed by atoms with E-state index in [1.165, 1.54) is 60.0 Å². The Morgan fingerprint density at radius 3 is 1.31 bits per heavy atom. The van der Waals surface area contributed by atoms with E-state index in [4.69, 9.17) is 4.98 Å². The molecule has 4 heteroatoms. The molecular formula is C44H27N4+. The van der Waals surface area contributed by atoms with Crippen LogP contribution in [0.1, 0.15) is 0 Å². The van der Waals surface area contributed by atoms with Crippen LogP contribution in [0.3, 0.4) is 0 Å². The van der Waals surface area contributed by atoms with Crippen LogP contribution in [-0.4, -0.2) is 15.0 Å². The molecule has 10 rings (SSSR count). The topological polar surface area (TPSA) is 42.8 Å². The minimum atomic E-state index is 0.816. The van der Waals surface area contributed by atoms with Gasteiger partial charge in [-0.15, -0.1) is 0 Å². The summed E-state index contributed by atoms with van der Waals surface area (Å²) in [6, 6.07) is 54.0. The quantitative estimate of drug-likeness (QED) is 0.113. The van der Waals surface area contributed by atoms with Gasteiger partial charge in [0.05, 0.1) is 44.3 Å². The van der Waals surface area contributed by atoms with Crippen LogP contribution >= 0.6 is 0 Å². The van der Waals surface area contributed by atoms with Gasteiger partial charge >= 0.3 is 0 Å². The molecule has 6 aromatic heterocycles. The van der Waals surface area contributed by atoms with Gasteiger partial charge in [0.1, 0.15) is 0 Å². The third-order valence-electron chi connectivity index (χ3n) is 9.51. The summed E-state index contributed by atoms with van der Waals surface area (Å²) in [6.45, 7) is 0. The van der Waals surface area contributed by atoms with Gasteiger partial charge in [-0.3, -0.25) is 9.97 Å². The lowest BCUT2D eigenvalue weighted by atomic mass is 9.91. The van der Waals surface area contributed by atoms with E-state index < -0.39 is 0 Å². The van der Waals surface area contributed by atoms with Gasteiger partial charge in [-0.1, -0.05) is 78.9 Å². The van der Waals surface area contributed by atoms with Crippen LogP contribution in [0.25, 0.3) is 93.9 Å². The van der Waals surface area contributed by atoms with E-state index in [9.17, 15) is 0 Å². The maximum Gasteiger partial charge on any atom is 0.227 e.